The number of nitrogens with zero attached hydrogens (tertiary/aromatic N) is 1. The summed E-state index contributed by atoms with van der Waals surface area (Å²) in [5.41, 5.74) is 5.60. The number of nitrogens with two attached hydrogens (primary N) is 1. The van der Waals surface area contributed by atoms with Gasteiger partial charge in [0.1, 0.15) is 0 Å². The zero-order valence-electron chi connectivity index (χ0n) is 24.9. The van der Waals surface area contributed by atoms with Crippen molar-refractivity contribution in [1.82, 2.24) is 0 Å². The van der Waals surface area contributed by atoms with Crippen LogP contribution in [0.4, 0.5) is 0 Å². The van der Waals surface area contributed by atoms with Crippen molar-refractivity contribution in [3.63, 3.8) is 0 Å². The second kappa shape index (κ2) is 17.9. The average molecular weight is 499 g/mol. The van der Waals surface area contributed by atoms with E-state index in [4.69, 9.17) is 5.73 Å². The Balaban J connectivity index is 4.59. The molecule has 210 valence electrons. The lowest BCUT2D eigenvalue weighted by Crippen LogP contribution is -2.31. The summed E-state index contributed by atoms with van der Waals surface area (Å²) in [6, 6.07) is -0.205. The smallest absolute Gasteiger partial charge is 0.0950 e. The second-order valence-electron chi connectivity index (χ2n) is 12.8. The normalized spacial score (nSPS) is 21.9. The van der Waals surface area contributed by atoms with Crippen LogP contribution in [0.2, 0.25) is 0 Å². The first-order valence-electron chi connectivity index (χ1n) is 14.6. The Hall–Kier alpha value is -0.520. The van der Waals surface area contributed by atoms with Crippen molar-refractivity contribution in [3.8, 4) is 0 Å². The van der Waals surface area contributed by atoms with Gasteiger partial charge in [-0.15, -0.1) is 0 Å². The van der Waals surface area contributed by atoms with E-state index in [0.717, 1.165) is 19.3 Å². The fraction of sp³-hybridized carbons (Fsp3) is 1.00. The van der Waals surface area contributed by atoms with E-state index in [2.05, 4.69) is 74.4 Å². The molecule has 11 atom stereocenters. The molecular weight excluding hydrogens is 436 g/mol. The maximum atomic E-state index is 11.7. The van der Waals surface area contributed by atoms with E-state index in [1.165, 1.54) is 19.3 Å². The van der Waals surface area contributed by atoms with Gasteiger partial charge < -0.3 is 15.9 Å². The summed E-state index contributed by atoms with van der Waals surface area (Å²) in [6.07, 6.45) is 6.35. The van der Waals surface area contributed by atoms with Crippen LogP contribution in [0.3, 0.4) is 0 Å². The fourth-order valence-corrected chi connectivity index (χ4v) is 5.19. The van der Waals surface area contributed by atoms with Crippen LogP contribution in [-0.4, -0.2) is 35.0 Å². The third-order valence-corrected chi connectivity index (χ3v) is 9.70. The SMILES string of the molecule is CC(C)C(O)C[C@@H](C)C(C)CCC(C)C(C)CC[C@@H](C)C(C)C(CC(C)C(C)C(O)CCN)N=O. The van der Waals surface area contributed by atoms with E-state index in [1.54, 1.807) is 0 Å². The van der Waals surface area contributed by atoms with Gasteiger partial charge in [-0.1, -0.05) is 100 Å². The molecular formula is C30H62N2O3. The van der Waals surface area contributed by atoms with Gasteiger partial charge in [-0.3, -0.25) is 0 Å². The Kier molecular flexibility index (Phi) is 17.6. The van der Waals surface area contributed by atoms with Crippen molar-refractivity contribution >= 4 is 0 Å². The lowest BCUT2D eigenvalue weighted by Gasteiger charge is -2.31. The van der Waals surface area contributed by atoms with Gasteiger partial charge in [-0.25, -0.2) is 0 Å². The lowest BCUT2D eigenvalue weighted by molar-refractivity contribution is 0.0737. The lowest BCUT2D eigenvalue weighted by atomic mass is 9.76. The van der Waals surface area contributed by atoms with E-state index in [1.807, 2.05) is 0 Å². The molecule has 0 spiro atoms. The van der Waals surface area contributed by atoms with Crippen molar-refractivity contribution in [2.75, 3.05) is 6.54 Å². The molecule has 0 aromatic carbocycles. The molecule has 0 bridgehead atoms. The van der Waals surface area contributed by atoms with Crippen LogP contribution >= 0.6 is 0 Å². The summed E-state index contributed by atoms with van der Waals surface area (Å²) >= 11 is 0. The minimum absolute atomic E-state index is 0.116. The van der Waals surface area contributed by atoms with Crippen molar-refractivity contribution < 1.29 is 10.2 Å². The molecule has 5 nitrogen and oxygen atoms in total. The maximum absolute atomic E-state index is 11.7. The van der Waals surface area contributed by atoms with Crippen LogP contribution in [-0.2, 0) is 0 Å². The molecule has 35 heavy (non-hydrogen) atoms. The minimum Gasteiger partial charge on any atom is -0.393 e. The number of aliphatic hydroxyl groups is 2. The molecule has 0 aliphatic rings. The van der Waals surface area contributed by atoms with Crippen LogP contribution < -0.4 is 5.73 Å². The molecule has 9 unspecified atom stereocenters. The fourth-order valence-electron chi connectivity index (χ4n) is 5.19. The molecule has 0 fully saturated rings. The highest BCUT2D eigenvalue weighted by Gasteiger charge is 2.29. The molecule has 0 aliphatic heterocycles. The predicted octanol–water partition coefficient (Wildman–Crippen LogP) is 7.28. The van der Waals surface area contributed by atoms with Crippen LogP contribution in [0, 0.1) is 58.2 Å². The molecule has 0 heterocycles. The molecule has 0 amide bonds. The Morgan fingerprint density at radius 1 is 0.571 bits per heavy atom. The summed E-state index contributed by atoms with van der Waals surface area (Å²) in [6.45, 7) is 22.7. The van der Waals surface area contributed by atoms with Gasteiger partial charge in [0.05, 0.1) is 18.2 Å². The van der Waals surface area contributed by atoms with Crippen LogP contribution in [0.15, 0.2) is 5.18 Å². The van der Waals surface area contributed by atoms with E-state index in [0.29, 0.717) is 48.5 Å². The van der Waals surface area contributed by atoms with Gasteiger partial charge in [0.15, 0.2) is 0 Å². The zero-order valence-corrected chi connectivity index (χ0v) is 24.9. The van der Waals surface area contributed by atoms with Crippen LogP contribution in [0.5, 0.6) is 0 Å². The highest BCUT2D eigenvalue weighted by atomic mass is 16.3. The third-order valence-electron chi connectivity index (χ3n) is 9.70. The van der Waals surface area contributed by atoms with Crippen molar-refractivity contribution in [2.45, 2.75) is 132 Å². The summed E-state index contributed by atoms with van der Waals surface area (Å²) in [7, 11) is 0. The van der Waals surface area contributed by atoms with Crippen LogP contribution in [0.25, 0.3) is 0 Å². The molecule has 0 aliphatic carbocycles. The van der Waals surface area contributed by atoms with Gasteiger partial charge in [0.25, 0.3) is 0 Å². The molecule has 0 saturated carbocycles. The molecule has 0 rings (SSSR count). The number of hydrogen-bond donors (Lipinski definition) is 3. The molecule has 0 saturated heterocycles. The predicted molar refractivity (Wildman–Crippen MR) is 151 cm³/mol. The average Bonchev–Trinajstić information content (AvgIpc) is 2.82. The first-order chi connectivity index (χ1) is 16.3. The van der Waals surface area contributed by atoms with Crippen molar-refractivity contribution in [1.29, 1.82) is 0 Å². The Labute approximate surface area is 218 Å². The minimum atomic E-state index is -0.414. The number of aliphatic hydroxyl groups excluding tert-OH is 2. The van der Waals surface area contributed by atoms with Gasteiger partial charge in [0.2, 0.25) is 0 Å². The number of hydrogen-bond acceptors (Lipinski definition) is 5. The van der Waals surface area contributed by atoms with E-state index < -0.39 is 6.10 Å². The summed E-state index contributed by atoms with van der Waals surface area (Å²) in [5, 5.41) is 24.0. The monoisotopic (exact) mass is 498 g/mol. The zero-order chi connectivity index (χ0) is 27.3. The second-order valence-corrected chi connectivity index (χ2v) is 12.8. The van der Waals surface area contributed by atoms with Crippen molar-refractivity contribution in [3.05, 3.63) is 4.91 Å². The highest BCUT2D eigenvalue weighted by Crippen LogP contribution is 2.33. The largest absolute Gasteiger partial charge is 0.393 e. The van der Waals surface area contributed by atoms with Crippen molar-refractivity contribution in [2.24, 2.45) is 64.2 Å². The van der Waals surface area contributed by atoms with E-state index >= 15 is 0 Å². The highest BCUT2D eigenvalue weighted by molar-refractivity contribution is 4.82. The standard InChI is InChI=1S/C30H62N2O3/c1-19(2)30(34)18-24(7)22(5)12-11-20(3)21(4)13-14-23(6)26(9)28(32-35)17-25(8)27(10)29(33)15-16-31/h19-30,33-34H,11-18,31H2,1-10H3/t20?,21?,22?,23-,24-,25?,26?,27?,28?,29?,30?/m1/s1. The maximum Gasteiger partial charge on any atom is 0.0950 e. The van der Waals surface area contributed by atoms with Gasteiger partial charge >= 0.3 is 0 Å². The Bertz CT molecular complexity index is 544. The first kappa shape index (κ1) is 34.5. The van der Waals surface area contributed by atoms with E-state index in [-0.39, 0.29) is 29.9 Å². The first-order valence-corrected chi connectivity index (χ1v) is 14.6. The summed E-state index contributed by atoms with van der Waals surface area (Å²) in [4.78, 5) is 11.7. The molecule has 5 heteroatoms. The Morgan fingerprint density at radius 2 is 1.03 bits per heavy atom. The Morgan fingerprint density at radius 3 is 1.46 bits per heavy atom. The third kappa shape index (κ3) is 13.0. The van der Waals surface area contributed by atoms with Gasteiger partial charge in [0, 0.05) is 0 Å². The molecule has 0 aromatic rings. The molecule has 0 radical (unpaired) electrons. The number of rotatable bonds is 20. The molecule has 0 aromatic heterocycles. The van der Waals surface area contributed by atoms with E-state index in [9.17, 15) is 15.1 Å². The van der Waals surface area contributed by atoms with Gasteiger partial charge in [-0.05, 0) is 79.1 Å². The quantitative estimate of drug-likeness (QED) is 0.154. The number of nitroso groups, excluding NO2 is 1. The molecule has 4 N–H and O–H groups in total. The topological polar surface area (TPSA) is 95.9 Å². The van der Waals surface area contributed by atoms with Gasteiger partial charge in [-0.2, -0.15) is 4.91 Å². The summed E-state index contributed by atoms with van der Waals surface area (Å²) < 4.78 is 0. The summed E-state index contributed by atoms with van der Waals surface area (Å²) in [5.74, 6) is 3.87. The van der Waals surface area contributed by atoms with Crippen LogP contribution in [0.1, 0.15) is 114 Å².